The maximum absolute atomic E-state index is 12.6. The van der Waals surface area contributed by atoms with Crippen LogP contribution in [0, 0.1) is 11.8 Å². The van der Waals surface area contributed by atoms with Crippen LogP contribution in [0.1, 0.15) is 71.6 Å². The van der Waals surface area contributed by atoms with Crippen molar-refractivity contribution in [3.8, 4) is 11.8 Å². The van der Waals surface area contributed by atoms with Crippen molar-refractivity contribution < 1.29 is 14.4 Å². The Bertz CT molecular complexity index is 749. The van der Waals surface area contributed by atoms with Crippen LogP contribution < -0.4 is 16.0 Å². The van der Waals surface area contributed by atoms with Crippen LogP contribution in [-0.4, -0.2) is 30.8 Å². The van der Waals surface area contributed by atoms with E-state index in [1.807, 2.05) is 6.08 Å². The number of carbonyl (C=O) groups excluding carboxylic acids is 3. The summed E-state index contributed by atoms with van der Waals surface area (Å²) < 4.78 is 0. The first kappa shape index (κ1) is 22.0. The lowest BCUT2D eigenvalue weighted by Crippen LogP contribution is -2.27. The van der Waals surface area contributed by atoms with E-state index in [9.17, 15) is 14.4 Å². The van der Waals surface area contributed by atoms with Gasteiger partial charge >= 0.3 is 0 Å². The van der Waals surface area contributed by atoms with Gasteiger partial charge in [-0.15, -0.1) is 11.8 Å². The Morgan fingerprint density at radius 2 is 1.41 bits per heavy atom. The van der Waals surface area contributed by atoms with Gasteiger partial charge in [0.1, 0.15) is 0 Å². The predicted octanol–water partition coefficient (Wildman–Crippen LogP) is 2.62. The molecule has 0 heterocycles. The number of amides is 3. The molecule has 3 N–H and O–H groups in total. The first-order valence-electron chi connectivity index (χ1n) is 9.02. The minimum atomic E-state index is -0.373. The van der Waals surface area contributed by atoms with Gasteiger partial charge in [0.2, 0.25) is 0 Å². The van der Waals surface area contributed by atoms with Gasteiger partial charge in [-0.1, -0.05) is 6.08 Å². The van der Waals surface area contributed by atoms with Gasteiger partial charge in [-0.25, -0.2) is 0 Å². The lowest BCUT2D eigenvalue weighted by atomic mass is 10.0. The molecule has 1 aromatic rings. The molecule has 0 spiro atoms. The van der Waals surface area contributed by atoms with Gasteiger partial charge in [0.15, 0.2) is 0 Å². The average molecular weight is 369 g/mol. The first-order valence-corrected chi connectivity index (χ1v) is 9.02. The molecule has 27 heavy (non-hydrogen) atoms. The SMILES string of the molecule is CC#CCCC=C(C)NC(=O)c1cc(C(=O)NCC)cc(C(=O)NCC)c1. The zero-order valence-corrected chi connectivity index (χ0v) is 16.4. The number of hydrogen-bond donors (Lipinski definition) is 3. The fourth-order valence-corrected chi connectivity index (χ4v) is 2.33. The van der Waals surface area contributed by atoms with Gasteiger partial charge < -0.3 is 16.0 Å². The standard InChI is InChI=1S/C21H27N3O3/c1-5-8-9-10-11-15(4)24-21(27)18-13-16(19(25)22-6-2)12-17(14-18)20(26)23-7-3/h11-14H,6-7,9-10H2,1-4H3,(H,22,25)(H,23,26)(H,24,27). The third kappa shape index (κ3) is 7.37. The van der Waals surface area contributed by atoms with Crippen LogP contribution in [0.15, 0.2) is 30.0 Å². The third-order valence-corrected chi connectivity index (χ3v) is 3.60. The van der Waals surface area contributed by atoms with E-state index >= 15 is 0 Å². The zero-order chi connectivity index (χ0) is 20.2. The number of hydrogen-bond acceptors (Lipinski definition) is 3. The molecule has 6 heteroatoms. The van der Waals surface area contributed by atoms with E-state index in [0.717, 1.165) is 12.8 Å². The van der Waals surface area contributed by atoms with E-state index in [4.69, 9.17) is 0 Å². The molecular formula is C21H27N3O3. The van der Waals surface area contributed by atoms with Crippen molar-refractivity contribution in [1.29, 1.82) is 0 Å². The van der Waals surface area contributed by atoms with Crippen LogP contribution in [0.4, 0.5) is 0 Å². The molecule has 0 saturated heterocycles. The Balaban J connectivity index is 3.08. The molecule has 0 unspecified atom stereocenters. The van der Waals surface area contributed by atoms with Gasteiger partial charge in [0, 0.05) is 41.9 Å². The van der Waals surface area contributed by atoms with Gasteiger partial charge in [-0.2, -0.15) is 0 Å². The highest BCUT2D eigenvalue weighted by Crippen LogP contribution is 2.12. The highest BCUT2D eigenvalue weighted by molar-refractivity contribution is 6.04. The van der Waals surface area contributed by atoms with Crippen LogP contribution in [-0.2, 0) is 0 Å². The van der Waals surface area contributed by atoms with Gasteiger partial charge in [0.25, 0.3) is 17.7 Å². The summed E-state index contributed by atoms with van der Waals surface area (Å²) in [7, 11) is 0. The monoisotopic (exact) mass is 369 g/mol. The van der Waals surface area contributed by atoms with Crippen molar-refractivity contribution in [2.24, 2.45) is 0 Å². The molecule has 0 radical (unpaired) electrons. The fourth-order valence-electron chi connectivity index (χ4n) is 2.33. The number of benzene rings is 1. The maximum Gasteiger partial charge on any atom is 0.255 e. The van der Waals surface area contributed by atoms with Gasteiger partial charge in [-0.05, 0) is 52.3 Å². The highest BCUT2D eigenvalue weighted by atomic mass is 16.2. The maximum atomic E-state index is 12.6. The summed E-state index contributed by atoms with van der Waals surface area (Å²) in [6.45, 7) is 8.08. The van der Waals surface area contributed by atoms with E-state index in [2.05, 4.69) is 27.8 Å². The largest absolute Gasteiger partial charge is 0.352 e. The number of rotatable bonds is 8. The molecule has 0 aliphatic rings. The van der Waals surface area contributed by atoms with E-state index in [1.165, 1.54) is 18.2 Å². The molecule has 0 aliphatic heterocycles. The molecule has 0 aliphatic carbocycles. The zero-order valence-electron chi connectivity index (χ0n) is 16.4. The lowest BCUT2D eigenvalue weighted by molar-refractivity contribution is 0.0955. The fraction of sp³-hybridized carbons (Fsp3) is 0.381. The van der Waals surface area contributed by atoms with Crippen molar-refractivity contribution in [3.63, 3.8) is 0 Å². The molecule has 0 saturated carbocycles. The molecule has 0 fully saturated rings. The number of nitrogens with one attached hydrogen (secondary N) is 3. The molecular weight excluding hydrogens is 342 g/mol. The molecule has 1 aromatic carbocycles. The molecule has 0 aromatic heterocycles. The summed E-state index contributed by atoms with van der Waals surface area (Å²) in [4.78, 5) is 36.9. The number of carbonyl (C=O) groups is 3. The molecule has 0 atom stereocenters. The van der Waals surface area contributed by atoms with Crippen LogP contribution in [0.25, 0.3) is 0 Å². The summed E-state index contributed by atoms with van der Waals surface area (Å²) in [5.74, 6) is 4.74. The summed E-state index contributed by atoms with van der Waals surface area (Å²) in [6.07, 6.45) is 3.34. The Morgan fingerprint density at radius 3 is 1.85 bits per heavy atom. The molecule has 1 rings (SSSR count). The average Bonchev–Trinajstić information content (AvgIpc) is 2.65. The minimum Gasteiger partial charge on any atom is -0.352 e. The summed E-state index contributed by atoms with van der Waals surface area (Å²) in [5.41, 5.74) is 1.48. The van der Waals surface area contributed by atoms with E-state index in [-0.39, 0.29) is 34.4 Å². The Hall–Kier alpha value is -3.07. The summed E-state index contributed by atoms with van der Waals surface area (Å²) in [5, 5.41) is 8.14. The number of unbranched alkanes of at least 4 members (excludes halogenated alkanes) is 1. The van der Waals surface area contributed by atoms with Crippen molar-refractivity contribution in [2.75, 3.05) is 13.1 Å². The van der Waals surface area contributed by atoms with Crippen molar-refractivity contribution >= 4 is 17.7 Å². The van der Waals surface area contributed by atoms with Gasteiger partial charge in [0.05, 0.1) is 0 Å². The van der Waals surface area contributed by atoms with Gasteiger partial charge in [-0.3, -0.25) is 14.4 Å². The summed E-state index contributed by atoms with van der Waals surface area (Å²) in [6, 6.07) is 4.46. The van der Waals surface area contributed by atoms with Crippen LogP contribution in [0.3, 0.4) is 0 Å². The van der Waals surface area contributed by atoms with Crippen LogP contribution in [0.5, 0.6) is 0 Å². The lowest BCUT2D eigenvalue weighted by Gasteiger charge is -2.11. The smallest absolute Gasteiger partial charge is 0.255 e. The van der Waals surface area contributed by atoms with E-state index in [1.54, 1.807) is 27.7 Å². The normalized spacial score (nSPS) is 10.4. The van der Waals surface area contributed by atoms with Crippen molar-refractivity contribution in [3.05, 3.63) is 46.7 Å². The second-order valence-electron chi connectivity index (χ2n) is 5.82. The quantitative estimate of drug-likeness (QED) is 0.486. The topological polar surface area (TPSA) is 87.3 Å². The molecule has 6 nitrogen and oxygen atoms in total. The Labute approximate surface area is 160 Å². The van der Waals surface area contributed by atoms with Crippen molar-refractivity contribution in [2.45, 2.75) is 40.5 Å². The summed E-state index contributed by atoms with van der Waals surface area (Å²) >= 11 is 0. The molecule has 0 bridgehead atoms. The second kappa shape index (κ2) is 11.5. The number of allylic oxidation sites excluding steroid dienone is 2. The Kier molecular flexibility index (Phi) is 9.38. The van der Waals surface area contributed by atoms with E-state index < -0.39 is 0 Å². The molecule has 3 amide bonds. The minimum absolute atomic E-state index is 0.251. The predicted molar refractivity (Wildman–Crippen MR) is 106 cm³/mol. The molecule has 144 valence electrons. The Morgan fingerprint density at radius 1 is 0.926 bits per heavy atom. The third-order valence-electron chi connectivity index (χ3n) is 3.60. The van der Waals surface area contributed by atoms with Crippen LogP contribution in [0.2, 0.25) is 0 Å². The first-order chi connectivity index (χ1) is 12.9. The van der Waals surface area contributed by atoms with Crippen molar-refractivity contribution in [1.82, 2.24) is 16.0 Å². The highest BCUT2D eigenvalue weighted by Gasteiger charge is 2.16. The van der Waals surface area contributed by atoms with E-state index in [0.29, 0.717) is 18.8 Å². The van der Waals surface area contributed by atoms with Crippen LogP contribution >= 0.6 is 0 Å². The second-order valence-corrected chi connectivity index (χ2v) is 5.82.